The summed E-state index contributed by atoms with van der Waals surface area (Å²) in [5.41, 5.74) is 1.92. The molecule has 0 spiro atoms. The van der Waals surface area contributed by atoms with E-state index in [4.69, 9.17) is 23.8 Å². The van der Waals surface area contributed by atoms with Crippen LogP contribution >= 0.6 is 23.8 Å². The molecule has 1 atom stereocenters. The molecular formula is C16H18ClN3O2S. The molecule has 0 saturated carbocycles. The van der Waals surface area contributed by atoms with Crippen LogP contribution in [0.3, 0.4) is 0 Å². The van der Waals surface area contributed by atoms with Gasteiger partial charge in [0.25, 0.3) is 5.56 Å². The molecule has 2 aromatic rings. The van der Waals surface area contributed by atoms with Crippen molar-refractivity contribution in [1.82, 2.24) is 15.3 Å². The first kappa shape index (κ1) is 17.4. The molecule has 0 bridgehead atoms. The lowest BCUT2D eigenvalue weighted by Crippen LogP contribution is -2.28. The normalized spacial score (nSPS) is 12.0. The van der Waals surface area contributed by atoms with Crippen molar-refractivity contribution >= 4 is 29.7 Å². The molecule has 0 aliphatic rings. The number of carbonyl (C=O) groups is 1. The Bertz CT molecular complexity index is 829. The molecule has 1 amide bonds. The third-order valence-electron chi connectivity index (χ3n) is 3.58. The smallest absolute Gasteiger partial charge is 0.255 e. The third kappa shape index (κ3) is 4.77. The van der Waals surface area contributed by atoms with Gasteiger partial charge in [-0.25, -0.2) is 0 Å². The molecule has 2 rings (SSSR count). The van der Waals surface area contributed by atoms with Gasteiger partial charge in [-0.15, -0.1) is 0 Å². The van der Waals surface area contributed by atoms with E-state index < -0.39 is 0 Å². The van der Waals surface area contributed by atoms with Crippen LogP contribution in [0, 0.1) is 11.7 Å². The molecule has 7 heteroatoms. The molecule has 0 unspecified atom stereocenters. The number of H-pyrrole nitrogens is 2. The minimum absolute atomic E-state index is 0.126. The molecule has 1 heterocycles. The van der Waals surface area contributed by atoms with Crippen LogP contribution in [0.2, 0.25) is 5.02 Å². The van der Waals surface area contributed by atoms with Crippen molar-refractivity contribution in [2.45, 2.75) is 32.7 Å². The van der Waals surface area contributed by atoms with Gasteiger partial charge in [0.05, 0.1) is 6.04 Å². The van der Waals surface area contributed by atoms with Crippen LogP contribution in [-0.2, 0) is 11.2 Å². The van der Waals surface area contributed by atoms with Gasteiger partial charge >= 0.3 is 0 Å². The number of hydrogen-bond acceptors (Lipinski definition) is 3. The molecule has 0 saturated heterocycles. The fraction of sp³-hybridized carbons (Fsp3) is 0.312. The average Bonchev–Trinajstić information content (AvgIpc) is 2.46. The summed E-state index contributed by atoms with van der Waals surface area (Å²) in [5, 5.41) is 3.53. The van der Waals surface area contributed by atoms with Gasteiger partial charge in [0, 0.05) is 22.7 Å². The van der Waals surface area contributed by atoms with Gasteiger partial charge in [-0.3, -0.25) is 14.6 Å². The molecule has 122 valence electrons. The van der Waals surface area contributed by atoms with E-state index in [0.717, 1.165) is 5.56 Å². The number of rotatable bonds is 5. The van der Waals surface area contributed by atoms with Crippen LogP contribution < -0.4 is 10.9 Å². The van der Waals surface area contributed by atoms with Crippen molar-refractivity contribution in [1.29, 1.82) is 0 Å². The average molecular weight is 352 g/mol. The Morgan fingerprint density at radius 3 is 2.78 bits per heavy atom. The maximum atomic E-state index is 12.1. The summed E-state index contributed by atoms with van der Waals surface area (Å²) in [4.78, 5) is 29.4. The fourth-order valence-corrected chi connectivity index (χ4v) is 2.78. The number of hydrogen-bond donors (Lipinski definition) is 3. The molecule has 0 radical (unpaired) electrons. The van der Waals surface area contributed by atoms with Gasteiger partial charge in [-0.05, 0) is 50.2 Å². The first-order valence-corrected chi connectivity index (χ1v) is 8.02. The predicted molar refractivity (Wildman–Crippen MR) is 93.3 cm³/mol. The minimum atomic E-state index is -0.248. The monoisotopic (exact) mass is 351 g/mol. The Labute approximate surface area is 144 Å². The highest BCUT2D eigenvalue weighted by Crippen LogP contribution is 2.17. The molecule has 0 aliphatic carbocycles. The van der Waals surface area contributed by atoms with E-state index in [1.807, 2.05) is 25.1 Å². The summed E-state index contributed by atoms with van der Waals surface area (Å²) in [6, 6.07) is 7.20. The Morgan fingerprint density at radius 1 is 1.39 bits per heavy atom. The molecule has 0 aliphatic heterocycles. The van der Waals surface area contributed by atoms with Crippen LogP contribution in [-0.4, -0.2) is 15.9 Å². The standard InChI is InChI=1S/C16H18ClN3O2S/c1-9(11-4-3-5-12(17)8-11)18-14(21)7-6-13-10(2)19-16(23)20-15(13)22/h3-5,8-9H,6-7H2,1-2H3,(H,18,21)(H2,19,20,22,23)/t9-/m1/s1. The second-order valence-electron chi connectivity index (χ2n) is 5.36. The number of aromatic amines is 2. The maximum Gasteiger partial charge on any atom is 0.255 e. The summed E-state index contributed by atoms with van der Waals surface area (Å²) >= 11 is 10.9. The second-order valence-corrected chi connectivity index (χ2v) is 6.20. The van der Waals surface area contributed by atoms with E-state index in [1.54, 1.807) is 13.0 Å². The van der Waals surface area contributed by atoms with E-state index in [-0.39, 0.29) is 28.7 Å². The van der Waals surface area contributed by atoms with Crippen LogP contribution in [0.25, 0.3) is 0 Å². The van der Waals surface area contributed by atoms with Crippen molar-refractivity contribution in [3.63, 3.8) is 0 Å². The highest BCUT2D eigenvalue weighted by Gasteiger charge is 2.12. The number of amides is 1. The van der Waals surface area contributed by atoms with Gasteiger partial charge < -0.3 is 10.3 Å². The minimum Gasteiger partial charge on any atom is -0.350 e. The molecule has 0 fully saturated rings. The number of nitrogens with one attached hydrogen (secondary N) is 3. The maximum absolute atomic E-state index is 12.1. The van der Waals surface area contributed by atoms with E-state index in [2.05, 4.69) is 15.3 Å². The lowest BCUT2D eigenvalue weighted by Gasteiger charge is -2.14. The largest absolute Gasteiger partial charge is 0.350 e. The number of aryl methyl sites for hydroxylation is 1. The fourth-order valence-electron chi connectivity index (χ4n) is 2.34. The van der Waals surface area contributed by atoms with Crippen LogP contribution in [0.4, 0.5) is 0 Å². The molecule has 1 aromatic heterocycles. The summed E-state index contributed by atoms with van der Waals surface area (Å²) in [7, 11) is 0. The quantitative estimate of drug-likeness (QED) is 0.724. The number of benzene rings is 1. The molecule has 23 heavy (non-hydrogen) atoms. The van der Waals surface area contributed by atoms with E-state index >= 15 is 0 Å². The summed E-state index contributed by atoms with van der Waals surface area (Å²) in [6.45, 7) is 3.66. The number of aromatic nitrogens is 2. The lowest BCUT2D eigenvalue weighted by molar-refractivity contribution is -0.121. The zero-order chi connectivity index (χ0) is 17.0. The third-order valence-corrected chi connectivity index (χ3v) is 4.02. The van der Waals surface area contributed by atoms with Gasteiger partial charge in [0.15, 0.2) is 4.77 Å². The molecule has 5 nitrogen and oxygen atoms in total. The van der Waals surface area contributed by atoms with Crippen molar-refractivity contribution < 1.29 is 4.79 Å². The highest BCUT2D eigenvalue weighted by molar-refractivity contribution is 7.71. The van der Waals surface area contributed by atoms with E-state index in [0.29, 0.717) is 22.7 Å². The molecular weight excluding hydrogens is 334 g/mol. The van der Waals surface area contributed by atoms with Crippen molar-refractivity contribution in [2.75, 3.05) is 0 Å². The first-order chi connectivity index (χ1) is 10.9. The highest BCUT2D eigenvalue weighted by atomic mass is 35.5. The zero-order valence-corrected chi connectivity index (χ0v) is 14.5. The Balaban J connectivity index is 1.98. The van der Waals surface area contributed by atoms with Crippen LogP contribution in [0.1, 0.15) is 36.2 Å². The predicted octanol–water partition coefficient (Wildman–Crippen LogP) is 3.20. The molecule has 3 N–H and O–H groups in total. The van der Waals surface area contributed by atoms with E-state index in [1.165, 1.54) is 0 Å². The topological polar surface area (TPSA) is 77.8 Å². The summed E-state index contributed by atoms with van der Waals surface area (Å²) in [5.74, 6) is -0.126. The Morgan fingerprint density at radius 2 is 2.13 bits per heavy atom. The van der Waals surface area contributed by atoms with Gasteiger partial charge in [-0.2, -0.15) is 0 Å². The van der Waals surface area contributed by atoms with Gasteiger partial charge in [0.2, 0.25) is 5.91 Å². The Hall–Kier alpha value is -1.92. The van der Waals surface area contributed by atoms with Crippen LogP contribution in [0.5, 0.6) is 0 Å². The number of carbonyl (C=O) groups excluding carboxylic acids is 1. The first-order valence-electron chi connectivity index (χ1n) is 7.23. The summed E-state index contributed by atoms with van der Waals surface area (Å²) < 4.78 is 0.287. The van der Waals surface area contributed by atoms with E-state index in [9.17, 15) is 9.59 Å². The van der Waals surface area contributed by atoms with Crippen LogP contribution in [0.15, 0.2) is 29.1 Å². The SMILES string of the molecule is Cc1[nH]c(=S)[nH]c(=O)c1CCC(=O)N[C@H](C)c1cccc(Cl)c1. The van der Waals surface area contributed by atoms with Gasteiger partial charge in [-0.1, -0.05) is 23.7 Å². The lowest BCUT2D eigenvalue weighted by atomic mass is 10.1. The van der Waals surface area contributed by atoms with Gasteiger partial charge in [0.1, 0.15) is 0 Å². The number of halogens is 1. The van der Waals surface area contributed by atoms with Crippen molar-refractivity contribution in [2.24, 2.45) is 0 Å². The zero-order valence-electron chi connectivity index (χ0n) is 12.9. The summed E-state index contributed by atoms with van der Waals surface area (Å²) in [6.07, 6.45) is 0.570. The Kier molecular flexibility index (Phi) is 5.74. The second kappa shape index (κ2) is 7.57. The molecule has 1 aromatic carbocycles. The van der Waals surface area contributed by atoms with Crippen molar-refractivity contribution in [3.8, 4) is 0 Å². The van der Waals surface area contributed by atoms with Crippen molar-refractivity contribution in [3.05, 3.63) is 61.2 Å².